The standard InChI is InChI=1S/C17H28N2/c1-13-6-7-14(2)16(10-13)19-9-8-15(12-18-5)11-17(19,3)4/h6-7,10,15,18H,8-9,11-12H2,1-5H3. The number of piperidine rings is 1. The summed E-state index contributed by atoms with van der Waals surface area (Å²) in [5.74, 6) is 0.807. The lowest BCUT2D eigenvalue weighted by atomic mass is 9.82. The molecule has 2 heteroatoms. The number of anilines is 1. The minimum atomic E-state index is 0.248. The average Bonchev–Trinajstić information content (AvgIpc) is 2.32. The Morgan fingerprint density at radius 3 is 2.68 bits per heavy atom. The Kier molecular flexibility index (Phi) is 4.19. The molecule has 1 heterocycles. The summed E-state index contributed by atoms with van der Waals surface area (Å²) in [6.45, 7) is 11.5. The van der Waals surface area contributed by atoms with Crippen LogP contribution < -0.4 is 10.2 Å². The van der Waals surface area contributed by atoms with Crippen LogP contribution in [0.1, 0.15) is 37.8 Å². The fraction of sp³-hybridized carbons (Fsp3) is 0.647. The molecular formula is C17H28N2. The topological polar surface area (TPSA) is 15.3 Å². The number of aryl methyl sites for hydroxylation is 2. The van der Waals surface area contributed by atoms with Gasteiger partial charge in [0, 0.05) is 17.8 Å². The molecule has 2 rings (SSSR count). The molecule has 19 heavy (non-hydrogen) atoms. The lowest BCUT2D eigenvalue weighted by Crippen LogP contribution is -2.51. The molecule has 0 amide bonds. The lowest BCUT2D eigenvalue weighted by Gasteiger charge is -2.48. The van der Waals surface area contributed by atoms with Gasteiger partial charge in [-0.2, -0.15) is 0 Å². The highest BCUT2D eigenvalue weighted by Crippen LogP contribution is 2.36. The van der Waals surface area contributed by atoms with E-state index in [0.717, 1.165) is 12.5 Å². The minimum absolute atomic E-state index is 0.248. The van der Waals surface area contributed by atoms with E-state index in [-0.39, 0.29) is 5.54 Å². The monoisotopic (exact) mass is 260 g/mol. The van der Waals surface area contributed by atoms with Crippen molar-refractivity contribution < 1.29 is 0 Å². The first-order chi connectivity index (χ1) is 8.94. The summed E-state index contributed by atoms with van der Waals surface area (Å²) >= 11 is 0. The van der Waals surface area contributed by atoms with Gasteiger partial charge in [0.15, 0.2) is 0 Å². The van der Waals surface area contributed by atoms with Gasteiger partial charge in [-0.3, -0.25) is 0 Å². The molecule has 0 bridgehead atoms. The summed E-state index contributed by atoms with van der Waals surface area (Å²) < 4.78 is 0. The smallest absolute Gasteiger partial charge is 0.0403 e. The highest BCUT2D eigenvalue weighted by molar-refractivity contribution is 5.57. The van der Waals surface area contributed by atoms with Gasteiger partial charge in [0.2, 0.25) is 0 Å². The van der Waals surface area contributed by atoms with E-state index in [1.165, 1.54) is 36.2 Å². The highest BCUT2D eigenvalue weighted by Gasteiger charge is 2.35. The van der Waals surface area contributed by atoms with Crippen LogP contribution in [-0.2, 0) is 0 Å². The number of rotatable bonds is 3. The Morgan fingerprint density at radius 2 is 2.05 bits per heavy atom. The molecule has 0 radical (unpaired) electrons. The molecule has 0 aromatic heterocycles. The second-order valence-corrected chi connectivity index (χ2v) is 6.67. The van der Waals surface area contributed by atoms with E-state index in [1.54, 1.807) is 0 Å². The second kappa shape index (κ2) is 5.54. The van der Waals surface area contributed by atoms with E-state index in [2.05, 4.69) is 63.2 Å². The third-order valence-corrected chi connectivity index (χ3v) is 4.43. The van der Waals surface area contributed by atoms with Crippen molar-refractivity contribution in [2.75, 3.05) is 25.0 Å². The number of nitrogens with zero attached hydrogens (tertiary/aromatic N) is 1. The average molecular weight is 260 g/mol. The molecule has 1 aromatic carbocycles. The molecule has 1 unspecified atom stereocenters. The van der Waals surface area contributed by atoms with Crippen molar-refractivity contribution >= 4 is 5.69 Å². The lowest BCUT2D eigenvalue weighted by molar-refractivity contribution is 0.270. The van der Waals surface area contributed by atoms with E-state index in [4.69, 9.17) is 0 Å². The van der Waals surface area contributed by atoms with Gasteiger partial charge in [0.1, 0.15) is 0 Å². The number of benzene rings is 1. The summed E-state index contributed by atoms with van der Waals surface area (Å²) in [5, 5.41) is 3.33. The van der Waals surface area contributed by atoms with Crippen molar-refractivity contribution in [1.29, 1.82) is 0 Å². The molecule has 1 atom stereocenters. The predicted molar refractivity (Wildman–Crippen MR) is 84.0 cm³/mol. The van der Waals surface area contributed by atoms with Crippen molar-refractivity contribution in [1.82, 2.24) is 5.32 Å². The fourth-order valence-corrected chi connectivity index (χ4v) is 3.45. The van der Waals surface area contributed by atoms with Gasteiger partial charge in [-0.05, 0) is 77.2 Å². The number of hydrogen-bond acceptors (Lipinski definition) is 2. The van der Waals surface area contributed by atoms with E-state index >= 15 is 0 Å². The summed E-state index contributed by atoms with van der Waals surface area (Å²) in [7, 11) is 2.06. The maximum atomic E-state index is 3.33. The van der Waals surface area contributed by atoms with Crippen LogP contribution in [0, 0.1) is 19.8 Å². The Hall–Kier alpha value is -1.02. The van der Waals surface area contributed by atoms with Crippen molar-refractivity contribution in [3.8, 4) is 0 Å². The Bertz CT molecular complexity index is 437. The van der Waals surface area contributed by atoms with Crippen molar-refractivity contribution in [2.45, 2.75) is 46.1 Å². The SMILES string of the molecule is CNCC1CCN(c2cc(C)ccc2C)C(C)(C)C1. The molecule has 0 aliphatic carbocycles. The van der Waals surface area contributed by atoms with Gasteiger partial charge in [-0.1, -0.05) is 12.1 Å². The summed E-state index contributed by atoms with van der Waals surface area (Å²) in [5.41, 5.74) is 4.42. The van der Waals surface area contributed by atoms with Gasteiger partial charge in [-0.25, -0.2) is 0 Å². The van der Waals surface area contributed by atoms with Gasteiger partial charge in [-0.15, -0.1) is 0 Å². The van der Waals surface area contributed by atoms with Gasteiger partial charge in [0.25, 0.3) is 0 Å². The van der Waals surface area contributed by atoms with E-state index < -0.39 is 0 Å². The summed E-state index contributed by atoms with van der Waals surface area (Å²) in [6.07, 6.45) is 2.55. The third-order valence-electron chi connectivity index (χ3n) is 4.43. The van der Waals surface area contributed by atoms with Crippen molar-refractivity contribution in [3.05, 3.63) is 29.3 Å². The Morgan fingerprint density at radius 1 is 1.32 bits per heavy atom. The molecule has 1 aliphatic rings. The first-order valence-electron chi connectivity index (χ1n) is 7.43. The van der Waals surface area contributed by atoms with Crippen LogP contribution >= 0.6 is 0 Å². The van der Waals surface area contributed by atoms with Crippen LogP contribution in [0.3, 0.4) is 0 Å². The number of nitrogens with one attached hydrogen (secondary N) is 1. The summed E-state index contributed by atoms with van der Waals surface area (Å²) in [6, 6.07) is 6.80. The van der Waals surface area contributed by atoms with Crippen LogP contribution in [0.2, 0.25) is 0 Å². The Labute approximate surface area is 118 Å². The molecule has 1 aliphatic heterocycles. The van der Waals surface area contributed by atoms with Crippen LogP contribution in [0.5, 0.6) is 0 Å². The van der Waals surface area contributed by atoms with Gasteiger partial charge < -0.3 is 10.2 Å². The van der Waals surface area contributed by atoms with E-state index in [1.807, 2.05) is 0 Å². The molecule has 1 fully saturated rings. The fourth-order valence-electron chi connectivity index (χ4n) is 3.45. The molecular weight excluding hydrogens is 232 g/mol. The zero-order chi connectivity index (χ0) is 14.0. The van der Waals surface area contributed by atoms with E-state index in [9.17, 15) is 0 Å². The normalized spacial score (nSPS) is 22.6. The zero-order valence-electron chi connectivity index (χ0n) is 13.1. The maximum Gasteiger partial charge on any atom is 0.0403 e. The van der Waals surface area contributed by atoms with Crippen LogP contribution in [-0.4, -0.2) is 25.7 Å². The van der Waals surface area contributed by atoms with Crippen LogP contribution in [0.15, 0.2) is 18.2 Å². The van der Waals surface area contributed by atoms with Crippen molar-refractivity contribution in [3.63, 3.8) is 0 Å². The molecule has 1 N–H and O–H groups in total. The van der Waals surface area contributed by atoms with Gasteiger partial charge in [0.05, 0.1) is 0 Å². The van der Waals surface area contributed by atoms with Crippen molar-refractivity contribution in [2.24, 2.45) is 5.92 Å². The van der Waals surface area contributed by atoms with E-state index in [0.29, 0.717) is 0 Å². The maximum absolute atomic E-state index is 3.33. The van der Waals surface area contributed by atoms with Crippen LogP contribution in [0.25, 0.3) is 0 Å². The first kappa shape index (κ1) is 14.4. The quantitative estimate of drug-likeness (QED) is 0.894. The third kappa shape index (κ3) is 3.11. The second-order valence-electron chi connectivity index (χ2n) is 6.67. The molecule has 0 spiro atoms. The summed E-state index contributed by atoms with van der Waals surface area (Å²) in [4.78, 5) is 2.61. The molecule has 106 valence electrons. The molecule has 1 aromatic rings. The largest absolute Gasteiger partial charge is 0.366 e. The minimum Gasteiger partial charge on any atom is -0.366 e. The predicted octanol–water partition coefficient (Wildman–Crippen LogP) is 3.52. The Balaban J connectivity index is 2.23. The molecule has 0 saturated carbocycles. The van der Waals surface area contributed by atoms with Gasteiger partial charge >= 0.3 is 0 Å². The molecule has 2 nitrogen and oxygen atoms in total. The first-order valence-corrected chi connectivity index (χ1v) is 7.43. The highest BCUT2D eigenvalue weighted by atomic mass is 15.2. The molecule has 1 saturated heterocycles. The van der Waals surface area contributed by atoms with Crippen LogP contribution in [0.4, 0.5) is 5.69 Å². The zero-order valence-corrected chi connectivity index (χ0v) is 13.1. The number of hydrogen-bond donors (Lipinski definition) is 1.